The van der Waals surface area contributed by atoms with Crippen LogP contribution in [0.5, 0.6) is 11.5 Å². The number of benzene rings is 4. The lowest BCUT2D eigenvalue weighted by Gasteiger charge is -2.11. The van der Waals surface area contributed by atoms with Crippen LogP contribution in [0.2, 0.25) is 0 Å². The molecule has 0 saturated carbocycles. The molecule has 0 fully saturated rings. The van der Waals surface area contributed by atoms with Crippen molar-refractivity contribution < 1.29 is 10.2 Å². The Morgan fingerprint density at radius 3 is 2.50 bits per heavy atom. The summed E-state index contributed by atoms with van der Waals surface area (Å²) in [6.07, 6.45) is 1.60. The SMILES string of the molecule is [2H]c1ccnc(-n2c3ccc(C([2H])([2H])[2H])cc3c3ccc(Oc4cccc(-n5nc(C)c(-c6ccccc6)c5C)c4)cc32)c1. The van der Waals surface area contributed by atoms with E-state index >= 15 is 0 Å². The number of hydrogen-bond acceptors (Lipinski definition) is 3. The van der Waals surface area contributed by atoms with Crippen LogP contribution < -0.4 is 4.74 Å². The van der Waals surface area contributed by atoms with E-state index in [2.05, 4.69) is 24.0 Å². The lowest BCUT2D eigenvalue weighted by molar-refractivity contribution is 0.483. The quantitative estimate of drug-likeness (QED) is 0.226. The van der Waals surface area contributed by atoms with E-state index < -0.39 is 6.85 Å². The molecule has 0 bridgehead atoms. The van der Waals surface area contributed by atoms with Gasteiger partial charge in [-0.25, -0.2) is 9.67 Å². The van der Waals surface area contributed by atoms with Gasteiger partial charge in [-0.2, -0.15) is 5.10 Å². The fraction of sp³-hybridized carbons (Fsp3) is 0.0857. The van der Waals surface area contributed by atoms with Gasteiger partial charge in [0.1, 0.15) is 17.3 Å². The van der Waals surface area contributed by atoms with E-state index in [9.17, 15) is 0 Å². The van der Waals surface area contributed by atoms with Gasteiger partial charge in [0.15, 0.2) is 0 Å². The van der Waals surface area contributed by atoms with Crippen LogP contribution >= 0.6 is 0 Å². The van der Waals surface area contributed by atoms with Crippen LogP contribution in [-0.2, 0) is 0 Å². The Labute approximate surface area is 238 Å². The van der Waals surface area contributed by atoms with E-state index in [1.165, 1.54) is 0 Å². The van der Waals surface area contributed by atoms with Crippen LogP contribution in [0, 0.1) is 20.7 Å². The first-order valence-electron chi connectivity index (χ1n) is 15.1. The first kappa shape index (κ1) is 19.8. The molecule has 0 N–H and O–H groups in total. The van der Waals surface area contributed by atoms with E-state index in [0.29, 0.717) is 23.4 Å². The van der Waals surface area contributed by atoms with Crippen LogP contribution in [0.4, 0.5) is 0 Å². The van der Waals surface area contributed by atoms with Gasteiger partial charge in [0.2, 0.25) is 0 Å². The van der Waals surface area contributed by atoms with Crippen LogP contribution in [0.3, 0.4) is 0 Å². The molecule has 7 rings (SSSR count). The Balaban J connectivity index is 1.31. The van der Waals surface area contributed by atoms with Crippen LogP contribution in [0.15, 0.2) is 115 Å². The van der Waals surface area contributed by atoms with Gasteiger partial charge >= 0.3 is 0 Å². The lowest BCUT2D eigenvalue weighted by atomic mass is 10.0. The number of aryl methyl sites for hydroxylation is 2. The number of pyridine rings is 1. The molecule has 194 valence electrons. The maximum absolute atomic E-state index is 8.17. The molecule has 0 radical (unpaired) electrons. The fourth-order valence-electron chi connectivity index (χ4n) is 5.48. The highest BCUT2D eigenvalue weighted by molar-refractivity contribution is 6.09. The Hall–Kier alpha value is -5.16. The molecule has 0 unspecified atom stereocenters. The second kappa shape index (κ2) is 9.54. The van der Waals surface area contributed by atoms with Crippen molar-refractivity contribution in [2.24, 2.45) is 0 Å². The molecule has 3 heterocycles. The molecule has 0 atom stereocenters. The summed E-state index contributed by atoms with van der Waals surface area (Å²) in [5.41, 5.74) is 6.97. The van der Waals surface area contributed by atoms with Gasteiger partial charge in [-0.1, -0.05) is 54.1 Å². The maximum Gasteiger partial charge on any atom is 0.137 e. The van der Waals surface area contributed by atoms with Crippen molar-refractivity contribution in [2.75, 3.05) is 0 Å². The maximum atomic E-state index is 8.17. The fourth-order valence-corrected chi connectivity index (χ4v) is 5.48. The summed E-state index contributed by atoms with van der Waals surface area (Å²) in [7, 11) is 0. The van der Waals surface area contributed by atoms with E-state index in [1.807, 2.05) is 76.8 Å². The van der Waals surface area contributed by atoms with Gasteiger partial charge in [-0.05, 0) is 74.8 Å². The average molecular weight is 525 g/mol. The first-order valence-corrected chi connectivity index (χ1v) is 13.1. The third kappa shape index (κ3) is 4.03. The van der Waals surface area contributed by atoms with Crippen molar-refractivity contribution in [3.8, 4) is 34.1 Å². The van der Waals surface area contributed by atoms with Gasteiger partial charge in [0, 0.05) is 44.5 Å². The number of fused-ring (bicyclic) bond motifs is 3. The summed E-state index contributed by atoms with van der Waals surface area (Å²) in [5, 5.41) is 6.49. The minimum absolute atomic E-state index is 0.267. The Bertz CT molecular complexity index is 2180. The van der Waals surface area contributed by atoms with Crippen molar-refractivity contribution in [3.05, 3.63) is 132 Å². The van der Waals surface area contributed by atoms with Gasteiger partial charge in [0.05, 0.1) is 23.8 Å². The van der Waals surface area contributed by atoms with Crippen LogP contribution in [0.25, 0.3) is 44.4 Å². The highest BCUT2D eigenvalue weighted by Gasteiger charge is 2.16. The highest BCUT2D eigenvalue weighted by Crippen LogP contribution is 2.36. The molecule has 7 aromatic rings. The van der Waals surface area contributed by atoms with Gasteiger partial charge in [-0.3, -0.25) is 4.57 Å². The summed E-state index contributed by atoms with van der Waals surface area (Å²) in [6, 6.07) is 32.6. The summed E-state index contributed by atoms with van der Waals surface area (Å²) in [4.78, 5) is 4.53. The minimum Gasteiger partial charge on any atom is -0.457 e. The molecule has 5 heteroatoms. The Morgan fingerprint density at radius 2 is 1.65 bits per heavy atom. The minimum atomic E-state index is -2.23. The second-order valence-electron chi connectivity index (χ2n) is 9.78. The van der Waals surface area contributed by atoms with E-state index in [4.69, 9.17) is 15.3 Å². The summed E-state index contributed by atoms with van der Waals surface area (Å²) in [6.45, 7) is 1.86. The number of rotatable bonds is 5. The molecule has 0 spiro atoms. The lowest BCUT2D eigenvalue weighted by Crippen LogP contribution is -1.99. The normalized spacial score (nSPS) is 13.2. The molecular formula is C35H28N4O. The predicted molar refractivity (Wildman–Crippen MR) is 162 cm³/mol. The zero-order chi connectivity index (χ0) is 30.6. The summed E-state index contributed by atoms with van der Waals surface area (Å²) < 4.78 is 42.2. The topological polar surface area (TPSA) is 44.9 Å². The molecule has 0 amide bonds. The molecule has 5 nitrogen and oxygen atoms in total. The highest BCUT2D eigenvalue weighted by atomic mass is 16.5. The zero-order valence-corrected chi connectivity index (χ0v) is 22.1. The number of ether oxygens (including phenoxy) is 1. The van der Waals surface area contributed by atoms with Crippen LogP contribution in [0.1, 0.15) is 22.4 Å². The van der Waals surface area contributed by atoms with Crippen molar-refractivity contribution in [3.63, 3.8) is 0 Å². The van der Waals surface area contributed by atoms with Crippen molar-refractivity contribution in [1.29, 1.82) is 0 Å². The van der Waals surface area contributed by atoms with E-state index in [1.54, 1.807) is 36.5 Å². The number of hydrogen-bond donors (Lipinski definition) is 0. The molecule has 4 aromatic carbocycles. The van der Waals surface area contributed by atoms with Crippen molar-refractivity contribution >= 4 is 21.8 Å². The van der Waals surface area contributed by atoms with Gasteiger partial charge in [-0.15, -0.1) is 0 Å². The molecule has 0 aliphatic rings. The molecule has 0 aliphatic heterocycles. The molecule has 40 heavy (non-hydrogen) atoms. The predicted octanol–water partition coefficient (Wildman–Crippen LogP) is 8.75. The standard InChI is InChI=1S/C35H28N4O/c1-23-15-18-32-31(20-23)30-17-16-29(22-33(30)38(32)34-14-7-8-19-36-34)40-28-13-9-12-27(21-28)39-25(3)35(24(2)37-39)26-10-5-4-6-11-26/h4-22H,1-3H3/i1D3,7D. The number of aromatic nitrogens is 4. The Kier molecular flexibility index (Phi) is 4.73. The first-order chi connectivity index (χ1) is 21.2. The van der Waals surface area contributed by atoms with Gasteiger partial charge < -0.3 is 4.74 Å². The Morgan fingerprint density at radius 1 is 0.775 bits per heavy atom. The van der Waals surface area contributed by atoms with Crippen molar-refractivity contribution in [2.45, 2.75) is 20.7 Å². The molecular weight excluding hydrogens is 492 g/mol. The molecule has 0 saturated heterocycles. The van der Waals surface area contributed by atoms with E-state index in [0.717, 1.165) is 50.0 Å². The molecule has 3 aromatic heterocycles. The summed E-state index contributed by atoms with van der Waals surface area (Å²) in [5.74, 6) is 1.82. The average Bonchev–Trinajstić information content (AvgIpc) is 3.49. The van der Waals surface area contributed by atoms with Gasteiger partial charge in [0.25, 0.3) is 0 Å². The number of nitrogens with zero attached hydrogens (tertiary/aromatic N) is 4. The van der Waals surface area contributed by atoms with E-state index in [-0.39, 0.29) is 5.56 Å². The monoisotopic (exact) mass is 524 g/mol. The second-order valence-corrected chi connectivity index (χ2v) is 9.78. The summed E-state index contributed by atoms with van der Waals surface area (Å²) >= 11 is 0. The third-order valence-corrected chi connectivity index (χ3v) is 7.21. The third-order valence-electron chi connectivity index (χ3n) is 7.21. The largest absolute Gasteiger partial charge is 0.457 e. The van der Waals surface area contributed by atoms with Crippen molar-refractivity contribution in [1.82, 2.24) is 19.3 Å². The van der Waals surface area contributed by atoms with Crippen LogP contribution in [-0.4, -0.2) is 19.3 Å². The smallest absolute Gasteiger partial charge is 0.137 e. The zero-order valence-electron chi connectivity index (χ0n) is 26.1. The molecule has 0 aliphatic carbocycles.